The fraction of sp³-hybridized carbons (Fsp3) is 0.571. The van der Waals surface area contributed by atoms with Crippen molar-refractivity contribution in [3.63, 3.8) is 0 Å². The van der Waals surface area contributed by atoms with Crippen molar-refractivity contribution in [1.82, 2.24) is 14.7 Å². The monoisotopic (exact) mass is 402 g/mol. The summed E-state index contributed by atoms with van der Waals surface area (Å²) < 4.78 is 9.82. The van der Waals surface area contributed by atoms with Gasteiger partial charge < -0.3 is 15.0 Å². The van der Waals surface area contributed by atoms with Crippen molar-refractivity contribution in [2.45, 2.75) is 46.1 Å². The summed E-state index contributed by atoms with van der Waals surface area (Å²) in [5.41, 5.74) is 1.13. The number of amides is 1. The summed E-state index contributed by atoms with van der Waals surface area (Å²) in [6, 6.07) is 8.17. The molecule has 1 fully saturated rings. The normalized spacial score (nSPS) is 18.2. The van der Waals surface area contributed by atoms with Crippen molar-refractivity contribution in [2.75, 3.05) is 25.1 Å². The number of nitrogens with zero attached hydrogens (tertiary/aromatic N) is 3. The van der Waals surface area contributed by atoms with Gasteiger partial charge in [-0.25, -0.2) is 4.98 Å². The van der Waals surface area contributed by atoms with Gasteiger partial charge in [0, 0.05) is 37.1 Å². The van der Waals surface area contributed by atoms with E-state index in [1.807, 2.05) is 18.2 Å². The fourth-order valence-corrected chi connectivity index (χ4v) is 4.00. The fourth-order valence-electron chi connectivity index (χ4n) is 3.28. The van der Waals surface area contributed by atoms with Crippen molar-refractivity contribution < 1.29 is 9.53 Å². The van der Waals surface area contributed by atoms with Gasteiger partial charge >= 0.3 is 0 Å². The molecule has 0 saturated carbocycles. The molecule has 6 nitrogen and oxygen atoms in total. The van der Waals surface area contributed by atoms with Gasteiger partial charge in [-0.2, -0.15) is 4.37 Å². The third-order valence-corrected chi connectivity index (χ3v) is 6.20. The Morgan fingerprint density at radius 2 is 2.21 bits per heavy atom. The van der Waals surface area contributed by atoms with Crippen LogP contribution in [-0.2, 0) is 11.2 Å². The number of benzene rings is 1. The number of methoxy groups -OCH3 is 1. The molecule has 2 aromatic rings. The predicted molar refractivity (Wildman–Crippen MR) is 113 cm³/mol. The molecule has 3 rings (SSSR count). The van der Waals surface area contributed by atoms with E-state index in [2.05, 4.69) is 41.4 Å². The second-order valence-corrected chi connectivity index (χ2v) is 8.58. The van der Waals surface area contributed by atoms with Crippen LogP contribution >= 0.6 is 11.5 Å². The Bertz CT molecular complexity index is 792. The van der Waals surface area contributed by atoms with Crippen LogP contribution in [0.1, 0.15) is 45.0 Å². The number of carbonyl (C=O) groups excluding carboxylic acids is 1. The van der Waals surface area contributed by atoms with Crippen LogP contribution in [0.15, 0.2) is 24.3 Å². The van der Waals surface area contributed by atoms with Gasteiger partial charge in [-0.1, -0.05) is 26.0 Å². The smallest absolute Gasteiger partial charge is 0.225 e. The minimum atomic E-state index is 0.0145. The van der Waals surface area contributed by atoms with Crippen molar-refractivity contribution in [3.05, 3.63) is 35.7 Å². The summed E-state index contributed by atoms with van der Waals surface area (Å²) in [5.74, 6) is 2.26. The summed E-state index contributed by atoms with van der Waals surface area (Å²) in [4.78, 5) is 19.6. The number of nitrogens with one attached hydrogen (secondary N) is 1. The molecule has 0 spiro atoms. The molecule has 28 heavy (non-hydrogen) atoms. The average Bonchev–Trinajstić information content (AvgIpc) is 3.16. The maximum absolute atomic E-state index is 12.6. The summed E-state index contributed by atoms with van der Waals surface area (Å²) >= 11 is 1.42. The molecule has 1 saturated heterocycles. The number of rotatable bonds is 7. The van der Waals surface area contributed by atoms with E-state index in [1.54, 1.807) is 7.11 Å². The van der Waals surface area contributed by atoms with Crippen LogP contribution in [-0.4, -0.2) is 41.5 Å². The Labute approximate surface area is 171 Å². The Morgan fingerprint density at radius 3 is 2.96 bits per heavy atom. The first-order valence-electron chi connectivity index (χ1n) is 9.97. The topological polar surface area (TPSA) is 67.3 Å². The summed E-state index contributed by atoms with van der Waals surface area (Å²) in [6.45, 7) is 7.97. The van der Waals surface area contributed by atoms with Crippen LogP contribution in [0, 0.1) is 11.8 Å². The summed E-state index contributed by atoms with van der Waals surface area (Å²) in [5, 5.41) is 4.07. The number of carbonyl (C=O) groups is 1. The molecule has 1 amide bonds. The maximum Gasteiger partial charge on any atom is 0.225 e. The first-order chi connectivity index (χ1) is 13.5. The molecule has 2 heterocycles. The lowest BCUT2D eigenvalue weighted by atomic mass is 9.96. The first kappa shape index (κ1) is 20.6. The molecule has 0 unspecified atom stereocenters. The number of hydrogen-bond acceptors (Lipinski definition) is 6. The highest BCUT2D eigenvalue weighted by Gasteiger charge is 2.28. The van der Waals surface area contributed by atoms with E-state index in [0.717, 1.165) is 41.7 Å². The molecule has 1 aliphatic rings. The first-order valence-corrected chi connectivity index (χ1v) is 10.7. The number of piperidine rings is 1. The van der Waals surface area contributed by atoms with Gasteiger partial charge in [-0.3, -0.25) is 4.79 Å². The van der Waals surface area contributed by atoms with E-state index in [1.165, 1.54) is 11.5 Å². The number of aromatic nitrogens is 2. The van der Waals surface area contributed by atoms with E-state index in [0.29, 0.717) is 18.9 Å². The van der Waals surface area contributed by atoms with Crippen molar-refractivity contribution in [2.24, 2.45) is 11.8 Å². The second kappa shape index (κ2) is 9.37. The van der Waals surface area contributed by atoms with E-state index >= 15 is 0 Å². The molecule has 1 aromatic heterocycles. The van der Waals surface area contributed by atoms with Gasteiger partial charge in [-0.05, 0) is 43.4 Å². The van der Waals surface area contributed by atoms with Crippen LogP contribution in [0.5, 0.6) is 5.75 Å². The highest BCUT2D eigenvalue weighted by Crippen LogP contribution is 2.26. The van der Waals surface area contributed by atoms with E-state index < -0.39 is 0 Å². The molecule has 7 heteroatoms. The largest absolute Gasteiger partial charge is 0.497 e. The predicted octanol–water partition coefficient (Wildman–Crippen LogP) is 3.51. The van der Waals surface area contributed by atoms with Crippen LogP contribution in [0.4, 0.5) is 5.13 Å². The highest BCUT2D eigenvalue weighted by atomic mass is 32.1. The Morgan fingerprint density at radius 1 is 1.39 bits per heavy atom. The van der Waals surface area contributed by atoms with Crippen molar-refractivity contribution in [3.8, 4) is 5.75 Å². The zero-order valence-corrected chi connectivity index (χ0v) is 18.0. The third-order valence-electron chi connectivity index (χ3n) is 5.39. The molecule has 1 N–H and O–H groups in total. The van der Waals surface area contributed by atoms with Gasteiger partial charge in [0.25, 0.3) is 0 Å². The van der Waals surface area contributed by atoms with Crippen LogP contribution in [0.25, 0.3) is 0 Å². The molecule has 0 radical (unpaired) electrons. The molecule has 1 aliphatic heterocycles. The van der Waals surface area contributed by atoms with E-state index in [4.69, 9.17) is 9.72 Å². The van der Waals surface area contributed by atoms with Crippen LogP contribution in [0.3, 0.4) is 0 Å². The molecule has 1 aromatic carbocycles. The third kappa shape index (κ3) is 5.22. The average molecular weight is 403 g/mol. The molecule has 2 atom stereocenters. The highest BCUT2D eigenvalue weighted by molar-refractivity contribution is 7.09. The lowest BCUT2D eigenvalue weighted by Gasteiger charge is -2.32. The van der Waals surface area contributed by atoms with Gasteiger partial charge in [0.1, 0.15) is 11.6 Å². The van der Waals surface area contributed by atoms with Gasteiger partial charge in [0.05, 0.1) is 13.0 Å². The van der Waals surface area contributed by atoms with Crippen molar-refractivity contribution in [1.29, 1.82) is 0 Å². The minimum Gasteiger partial charge on any atom is -0.497 e. The lowest BCUT2D eigenvalue weighted by Crippen LogP contribution is -2.46. The quantitative estimate of drug-likeness (QED) is 0.768. The van der Waals surface area contributed by atoms with Gasteiger partial charge in [0.15, 0.2) is 0 Å². The number of hydrogen-bond donors (Lipinski definition) is 1. The standard InChI is InChI=1S/C21H30N4O2S/c1-14(2)15(3)22-20(26)17-8-6-10-25(13-17)21-23-19(24-28-21)12-16-7-5-9-18(11-16)27-4/h5,7,9,11,14-15,17H,6,8,10,12-13H2,1-4H3,(H,22,26)/t15-,17+/m0/s1. The summed E-state index contributed by atoms with van der Waals surface area (Å²) in [7, 11) is 1.67. The zero-order valence-electron chi connectivity index (χ0n) is 17.1. The van der Waals surface area contributed by atoms with Crippen molar-refractivity contribution >= 4 is 22.6 Å². The molecule has 152 valence electrons. The molecule has 0 aliphatic carbocycles. The van der Waals surface area contributed by atoms with E-state index in [-0.39, 0.29) is 17.9 Å². The van der Waals surface area contributed by atoms with Gasteiger partial charge in [0.2, 0.25) is 11.0 Å². The Hall–Kier alpha value is -2.15. The maximum atomic E-state index is 12.6. The summed E-state index contributed by atoms with van der Waals surface area (Å²) in [6.07, 6.45) is 2.61. The minimum absolute atomic E-state index is 0.0145. The zero-order chi connectivity index (χ0) is 20.1. The molecular formula is C21H30N4O2S. The Kier molecular flexibility index (Phi) is 6.88. The molecular weight excluding hydrogens is 372 g/mol. The SMILES string of the molecule is COc1cccc(Cc2nsc(N3CCC[C@@H](C(=O)N[C@@H](C)C(C)C)C3)n2)c1. The second-order valence-electron chi connectivity index (χ2n) is 7.85. The lowest BCUT2D eigenvalue weighted by molar-refractivity contribution is -0.126. The number of ether oxygens (including phenoxy) is 1. The Balaban J connectivity index is 1.61. The van der Waals surface area contributed by atoms with Crippen LogP contribution < -0.4 is 15.0 Å². The molecule has 0 bridgehead atoms. The van der Waals surface area contributed by atoms with E-state index in [9.17, 15) is 4.79 Å². The van der Waals surface area contributed by atoms with Crippen LogP contribution in [0.2, 0.25) is 0 Å². The number of anilines is 1. The van der Waals surface area contributed by atoms with Gasteiger partial charge in [-0.15, -0.1) is 0 Å².